The van der Waals surface area contributed by atoms with Gasteiger partial charge in [-0.05, 0) is 24.6 Å². The van der Waals surface area contributed by atoms with Crippen molar-refractivity contribution < 1.29 is 26.3 Å². The van der Waals surface area contributed by atoms with E-state index in [1.807, 2.05) is 0 Å². The minimum Gasteiger partial charge on any atom is -0.377 e. The molecule has 25 heavy (non-hydrogen) atoms. The number of benzene rings is 1. The van der Waals surface area contributed by atoms with Crippen LogP contribution in [-0.4, -0.2) is 25.1 Å². The predicted octanol–water partition coefficient (Wildman–Crippen LogP) is 0.662. The van der Waals surface area contributed by atoms with Crippen LogP contribution in [0, 0.1) is 0 Å². The normalized spacial score (nSPS) is 14.0. The zero-order valence-corrected chi connectivity index (χ0v) is 13.9. The van der Waals surface area contributed by atoms with Gasteiger partial charge in [-0.25, -0.2) is 22.9 Å². The number of methoxy groups -OCH3 is 1. The molecule has 0 amide bonds. The van der Waals surface area contributed by atoms with Gasteiger partial charge in [-0.1, -0.05) is 0 Å². The molecule has 1 unspecified atom stereocenters. The Kier molecular flexibility index (Phi) is 4.81. The van der Waals surface area contributed by atoms with E-state index in [1.54, 1.807) is 0 Å². The van der Waals surface area contributed by atoms with Gasteiger partial charge in [0.1, 0.15) is 5.88 Å². The summed E-state index contributed by atoms with van der Waals surface area (Å²) < 4.78 is 67.2. The third-order valence-corrected chi connectivity index (χ3v) is 4.18. The quantitative estimate of drug-likeness (QED) is 0.805. The highest BCUT2D eigenvalue weighted by Gasteiger charge is 2.35. The molecular weight excluding hydrogens is 367 g/mol. The van der Waals surface area contributed by atoms with E-state index in [4.69, 9.17) is 9.88 Å². The van der Waals surface area contributed by atoms with Gasteiger partial charge in [0.2, 0.25) is 10.0 Å². The van der Waals surface area contributed by atoms with Crippen molar-refractivity contribution in [1.29, 1.82) is 0 Å². The number of halogens is 3. The molecule has 1 atom stereocenters. The van der Waals surface area contributed by atoms with E-state index in [0.29, 0.717) is 10.6 Å². The summed E-state index contributed by atoms with van der Waals surface area (Å²) in [6.45, 7) is 1.35. The minimum absolute atomic E-state index is 0.296. The lowest BCUT2D eigenvalue weighted by Crippen LogP contribution is -2.39. The summed E-state index contributed by atoms with van der Waals surface area (Å²) in [4.78, 5) is 26.3. The van der Waals surface area contributed by atoms with E-state index in [-0.39, 0.29) is 16.5 Å². The zero-order chi connectivity index (χ0) is 19.2. The molecule has 3 N–H and O–H groups in total. The van der Waals surface area contributed by atoms with E-state index < -0.39 is 45.0 Å². The van der Waals surface area contributed by atoms with Crippen molar-refractivity contribution in [2.75, 3.05) is 7.11 Å². The smallest absolute Gasteiger partial charge is 0.377 e. The summed E-state index contributed by atoms with van der Waals surface area (Å²) in [7, 11) is -3.02. The van der Waals surface area contributed by atoms with Crippen molar-refractivity contribution in [1.82, 2.24) is 9.55 Å². The molecule has 0 radical (unpaired) electrons. The van der Waals surface area contributed by atoms with Crippen LogP contribution in [0.15, 0.2) is 21.7 Å². The van der Waals surface area contributed by atoms with Crippen LogP contribution < -0.4 is 16.4 Å². The number of hydrogen-bond donors (Lipinski definition) is 2. The summed E-state index contributed by atoms with van der Waals surface area (Å²) in [6, 6.07) is 1.54. The number of hydrogen-bond acceptors (Lipinski definition) is 5. The number of nitrogens with zero attached hydrogens (tertiary/aromatic N) is 1. The zero-order valence-electron chi connectivity index (χ0n) is 13.0. The Morgan fingerprint density at radius 1 is 1.32 bits per heavy atom. The number of rotatable bonds is 4. The summed E-state index contributed by atoms with van der Waals surface area (Å²) in [5.41, 5.74) is -4.04. The molecule has 2 rings (SSSR count). The molecule has 0 spiro atoms. The van der Waals surface area contributed by atoms with Crippen molar-refractivity contribution in [2.24, 2.45) is 5.14 Å². The maximum Gasteiger partial charge on any atom is 0.416 e. The van der Waals surface area contributed by atoms with Gasteiger partial charge in [0, 0.05) is 7.11 Å². The van der Waals surface area contributed by atoms with Crippen LogP contribution >= 0.6 is 0 Å². The number of aromatic nitrogens is 2. The average molecular weight is 381 g/mol. The SMILES string of the molecule is COC(C)c1cc2c(=O)n(CS(N)(=O)=O)c(=O)[nH]c2cc1C(F)(F)F. The molecule has 0 bridgehead atoms. The van der Waals surface area contributed by atoms with Gasteiger partial charge < -0.3 is 9.72 Å². The molecule has 0 saturated carbocycles. The highest BCUT2D eigenvalue weighted by Crippen LogP contribution is 2.36. The third-order valence-electron chi connectivity index (χ3n) is 3.56. The van der Waals surface area contributed by atoms with Crippen LogP contribution in [0.4, 0.5) is 13.2 Å². The maximum absolute atomic E-state index is 13.2. The Balaban J connectivity index is 2.90. The lowest BCUT2D eigenvalue weighted by molar-refractivity contribution is -0.139. The lowest BCUT2D eigenvalue weighted by atomic mass is 10.00. The van der Waals surface area contributed by atoms with Gasteiger partial charge in [0.15, 0.2) is 0 Å². The van der Waals surface area contributed by atoms with Gasteiger partial charge in [0.05, 0.1) is 22.6 Å². The molecule has 12 heteroatoms. The first-order valence-corrected chi connectivity index (χ1v) is 8.48. The highest BCUT2D eigenvalue weighted by molar-refractivity contribution is 7.88. The van der Waals surface area contributed by atoms with Crippen molar-refractivity contribution in [2.45, 2.75) is 25.1 Å². The van der Waals surface area contributed by atoms with Gasteiger partial charge in [-0.15, -0.1) is 0 Å². The van der Waals surface area contributed by atoms with Crippen LogP contribution in [0.5, 0.6) is 0 Å². The molecule has 0 saturated heterocycles. The summed E-state index contributed by atoms with van der Waals surface area (Å²) in [5, 5.41) is 4.52. The van der Waals surface area contributed by atoms with E-state index in [1.165, 1.54) is 14.0 Å². The molecule has 0 fully saturated rings. The number of ether oxygens (including phenoxy) is 1. The molecule has 0 aliphatic carbocycles. The standard InChI is InChI=1S/C13H14F3N3O5S/c1-6(24-2)7-3-8-10(4-9(7)13(14,15)16)18-12(21)19(11(8)20)5-25(17,22)23/h3-4,6H,5H2,1-2H3,(H,18,21)(H2,17,22,23). The third kappa shape index (κ3) is 3.91. The van der Waals surface area contributed by atoms with E-state index >= 15 is 0 Å². The number of nitrogens with one attached hydrogen (secondary N) is 1. The van der Waals surface area contributed by atoms with E-state index in [2.05, 4.69) is 4.98 Å². The second kappa shape index (κ2) is 6.28. The summed E-state index contributed by atoms with van der Waals surface area (Å²) >= 11 is 0. The molecule has 8 nitrogen and oxygen atoms in total. The molecule has 0 aliphatic rings. The Labute approximate surface area is 139 Å². The Morgan fingerprint density at radius 2 is 1.92 bits per heavy atom. The Morgan fingerprint density at radius 3 is 2.40 bits per heavy atom. The maximum atomic E-state index is 13.2. The number of alkyl halides is 3. The molecule has 0 aliphatic heterocycles. The van der Waals surface area contributed by atoms with Crippen molar-refractivity contribution in [3.8, 4) is 0 Å². The largest absolute Gasteiger partial charge is 0.416 e. The highest BCUT2D eigenvalue weighted by atomic mass is 32.2. The van der Waals surface area contributed by atoms with Crippen molar-refractivity contribution >= 4 is 20.9 Å². The van der Waals surface area contributed by atoms with Gasteiger partial charge >= 0.3 is 11.9 Å². The summed E-state index contributed by atoms with van der Waals surface area (Å²) in [6.07, 6.45) is -5.75. The number of sulfonamides is 1. The number of aromatic amines is 1. The van der Waals surface area contributed by atoms with Crippen molar-refractivity contribution in [3.63, 3.8) is 0 Å². The molecule has 2 aromatic rings. The van der Waals surface area contributed by atoms with Crippen LogP contribution in [-0.2, 0) is 26.8 Å². The van der Waals surface area contributed by atoms with E-state index in [0.717, 1.165) is 6.07 Å². The van der Waals surface area contributed by atoms with Gasteiger partial charge in [0.25, 0.3) is 5.56 Å². The van der Waals surface area contributed by atoms with Crippen LogP contribution in [0.3, 0.4) is 0 Å². The van der Waals surface area contributed by atoms with Crippen molar-refractivity contribution in [3.05, 3.63) is 44.1 Å². The molecular formula is C13H14F3N3O5S. The topological polar surface area (TPSA) is 124 Å². The Bertz CT molecular complexity index is 1040. The van der Waals surface area contributed by atoms with Crippen LogP contribution in [0.25, 0.3) is 10.9 Å². The van der Waals surface area contributed by atoms with E-state index in [9.17, 15) is 31.2 Å². The fourth-order valence-electron chi connectivity index (χ4n) is 2.32. The second-order valence-corrected chi connectivity index (χ2v) is 6.90. The Hall–Kier alpha value is -2.18. The lowest BCUT2D eigenvalue weighted by Gasteiger charge is -2.18. The summed E-state index contributed by atoms with van der Waals surface area (Å²) in [5.74, 6) is -1.10. The van der Waals surface area contributed by atoms with Gasteiger partial charge in [-0.2, -0.15) is 13.2 Å². The number of H-pyrrole nitrogens is 1. The first-order valence-electron chi connectivity index (χ1n) is 6.76. The minimum atomic E-state index is -4.75. The first kappa shape index (κ1) is 19.1. The monoisotopic (exact) mass is 381 g/mol. The van der Waals surface area contributed by atoms with Crippen LogP contribution in [0.1, 0.15) is 24.2 Å². The molecule has 1 aromatic carbocycles. The molecule has 1 aromatic heterocycles. The molecule has 138 valence electrons. The van der Waals surface area contributed by atoms with Gasteiger partial charge in [-0.3, -0.25) is 4.79 Å². The number of fused-ring (bicyclic) bond motifs is 1. The fourth-order valence-corrected chi connectivity index (χ4v) is 2.92. The first-order chi connectivity index (χ1) is 11.3. The second-order valence-electron chi connectivity index (χ2n) is 5.32. The van der Waals surface area contributed by atoms with Crippen LogP contribution in [0.2, 0.25) is 0 Å². The number of primary sulfonamides is 1. The average Bonchev–Trinajstić information content (AvgIpc) is 2.47. The number of nitrogens with two attached hydrogens (primary N) is 1. The predicted molar refractivity (Wildman–Crippen MR) is 82.4 cm³/mol. The fraction of sp³-hybridized carbons (Fsp3) is 0.385. The molecule has 1 heterocycles.